The average Bonchev–Trinajstić information content (AvgIpc) is 2.67. The van der Waals surface area contributed by atoms with E-state index in [-0.39, 0.29) is 12.5 Å². The SMILES string of the molecule is CCC1(CO)CC(C)C(n2ccc(=O)[nH]c2=O)O1. The van der Waals surface area contributed by atoms with Gasteiger partial charge in [-0.3, -0.25) is 14.3 Å². The third-order valence-corrected chi connectivity index (χ3v) is 3.61. The third kappa shape index (κ3) is 2.13. The molecule has 1 aromatic heterocycles. The van der Waals surface area contributed by atoms with Gasteiger partial charge in [0.05, 0.1) is 12.2 Å². The molecule has 2 heterocycles. The van der Waals surface area contributed by atoms with Crippen molar-refractivity contribution in [1.82, 2.24) is 9.55 Å². The van der Waals surface area contributed by atoms with Crippen LogP contribution < -0.4 is 11.2 Å². The maximum absolute atomic E-state index is 11.7. The predicted octanol–water partition coefficient (Wildman–Crippen LogP) is 0.233. The summed E-state index contributed by atoms with van der Waals surface area (Å²) >= 11 is 0. The van der Waals surface area contributed by atoms with E-state index in [4.69, 9.17) is 4.74 Å². The van der Waals surface area contributed by atoms with Crippen molar-refractivity contribution in [2.45, 2.75) is 38.5 Å². The van der Waals surface area contributed by atoms with Gasteiger partial charge >= 0.3 is 5.69 Å². The highest BCUT2D eigenvalue weighted by Gasteiger charge is 2.44. The number of aromatic amines is 1. The summed E-state index contributed by atoms with van der Waals surface area (Å²) in [5, 5.41) is 9.44. The zero-order valence-electron chi connectivity index (χ0n) is 10.5. The predicted molar refractivity (Wildman–Crippen MR) is 65.3 cm³/mol. The van der Waals surface area contributed by atoms with Gasteiger partial charge in [-0.15, -0.1) is 0 Å². The summed E-state index contributed by atoms with van der Waals surface area (Å²) in [5.41, 5.74) is -1.49. The molecule has 18 heavy (non-hydrogen) atoms. The van der Waals surface area contributed by atoms with Crippen molar-refractivity contribution >= 4 is 0 Å². The molecule has 3 unspecified atom stereocenters. The monoisotopic (exact) mass is 254 g/mol. The first-order valence-electron chi connectivity index (χ1n) is 6.11. The largest absolute Gasteiger partial charge is 0.393 e. The number of rotatable bonds is 3. The van der Waals surface area contributed by atoms with E-state index in [0.29, 0.717) is 12.8 Å². The van der Waals surface area contributed by atoms with Gasteiger partial charge < -0.3 is 9.84 Å². The summed E-state index contributed by atoms with van der Waals surface area (Å²) in [4.78, 5) is 25.0. The number of aliphatic hydroxyl groups is 1. The fourth-order valence-corrected chi connectivity index (χ4v) is 2.51. The van der Waals surface area contributed by atoms with Gasteiger partial charge in [-0.05, 0) is 12.8 Å². The summed E-state index contributed by atoms with van der Waals surface area (Å²) in [6.07, 6.45) is 2.37. The average molecular weight is 254 g/mol. The van der Waals surface area contributed by atoms with Gasteiger partial charge in [0.1, 0.15) is 6.23 Å². The molecule has 1 aromatic rings. The number of H-pyrrole nitrogens is 1. The molecule has 3 atom stereocenters. The lowest BCUT2D eigenvalue weighted by atomic mass is 9.93. The summed E-state index contributed by atoms with van der Waals surface area (Å²) in [5.74, 6) is 0.0979. The molecule has 2 rings (SSSR count). The molecule has 1 aliphatic rings. The van der Waals surface area contributed by atoms with E-state index in [2.05, 4.69) is 4.98 Å². The summed E-state index contributed by atoms with van der Waals surface area (Å²) in [7, 11) is 0. The molecular formula is C12H18N2O4. The molecule has 2 N–H and O–H groups in total. The minimum Gasteiger partial charge on any atom is -0.393 e. The number of hydrogen-bond acceptors (Lipinski definition) is 4. The number of nitrogens with zero attached hydrogens (tertiary/aromatic N) is 1. The van der Waals surface area contributed by atoms with Crippen molar-refractivity contribution < 1.29 is 9.84 Å². The van der Waals surface area contributed by atoms with Crippen LogP contribution in [0.5, 0.6) is 0 Å². The Morgan fingerprint density at radius 3 is 2.83 bits per heavy atom. The Balaban J connectivity index is 2.35. The number of aromatic nitrogens is 2. The van der Waals surface area contributed by atoms with Gasteiger partial charge in [-0.1, -0.05) is 13.8 Å². The Kier molecular flexibility index (Phi) is 3.41. The van der Waals surface area contributed by atoms with Crippen LogP contribution in [0.15, 0.2) is 21.9 Å². The summed E-state index contributed by atoms with van der Waals surface area (Å²) in [6.45, 7) is 3.85. The molecule has 1 fully saturated rings. The second-order valence-electron chi connectivity index (χ2n) is 4.90. The summed E-state index contributed by atoms with van der Waals surface area (Å²) < 4.78 is 7.23. The number of nitrogens with one attached hydrogen (secondary N) is 1. The number of aliphatic hydroxyl groups excluding tert-OH is 1. The smallest absolute Gasteiger partial charge is 0.330 e. The highest BCUT2D eigenvalue weighted by Crippen LogP contribution is 2.41. The quantitative estimate of drug-likeness (QED) is 0.809. The molecule has 0 saturated carbocycles. The molecule has 6 nitrogen and oxygen atoms in total. The molecule has 1 aliphatic heterocycles. The Bertz CT molecular complexity index is 529. The third-order valence-electron chi connectivity index (χ3n) is 3.61. The second-order valence-corrected chi connectivity index (χ2v) is 4.90. The molecule has 6 heteroatoms. The van der Waals surface area contributed by atoms with E-state index < -0.39 is 23.1 Å². The van der Waals surface area contributed by atoms with E-state index in [1.807, 2.05) is 13.8 Å². The van der Waals surface area contributed by atoms with E-state index in [1.165, 1.54) is 16.8 Å². The van der Waals surface area contributed by atoms with Crippen LogP contribution in [-0.4, -0.2) is 26.9 Å². The van der Waals surface area contributed by atoms with Crippen LogP contribution in [0.25, 0.3) is 0 Å². The topological polar surface area (TPSA) is 84.3 Å². The molecule has 1 saturated heterocycles. The van der Waals surface area contributed by atoms with Crippen LogP contribution in [0, 0.1) is 5.92 Å². The Morgan fingerprint density at radius 2 is 2.33 bits per heavy atom. The van der Waals surface area contributed by atoms with Gasteiger partial charge in [0, 0.05) is 18.2 Å². The van der Waals surface area contributed by atoms with Gasteiger partial charge in [0.15, 0.2) is 0 Å². The van der Waals surface area contributed by atoms with E-state index in [1.54, 1.807) is 0 Å². The fourth-order valence-electron chi connectivity index (χ4n) is 2.51. The lowest BCUT2D eigenvalue weighted by molar-refractivity contribution is -0.105. The van der Waals surface area contributed by atoms with Crippen LogP contribution in [-0.2, 0) is 4.74 Å². The maximum atomic E-state index is 11.7. The Labute approximate surface area is 104 Å². The molecule has 0 spiro atoms. The lowest BCUT2D eigenvalue weighted by Gasteiger charge is -2.25. The highest BCUT2D eigenvalue weighted by atomic mass is 16.5. The minimum absolute atomic E-state index is 0.0670. The number of hydrogen-bond donors (Lipinski definition) is 2. The zero-order valence-corrected chi connectivity index (χ0v) is 10.5. The molecule has 0 amide bonds. The van der Waals surface area contributed by atoms with Crippen LogP contribution in [0.1, 0.15) is 32.9 Å². The Morgan fingerprint density at radius 1 is 1.61 bits per heavy atom. The minimum atomic E-state index is -0.584. The van der Waals surface area contributed by atoms with Crippen molar-refractivity contribution in [3.05, 3.63) is 33.1 Å². The van der Waals surface area contributed by atoms with Crippen molar-refractivity contribution in [3.8, 4) is 0 Å². The second kappa shape index (κ2) is 4.70. The zero-order chi connectivity index (χ0) is 13.3. The first-order valence-corrected chi connectivity index (χ1v) is 6.11. The first kappa shape index (κ1) is 13.0. The van der Waals surface area contributed by atoms with Gasteiger partial charge in [-0.2, -0.15) is 0 Å². The standard InChI is InChI=1S/C12H18N2O4/c1-3-12(7-15)6-8(2)10(18-12)14-5-4-9(16)13-11(14)17/h4-5,8,10,15H,3,6-7H2,1-2H3,(H,13,16,17). The van der Waals surface area contributed by atoms with Gasteiger partial charge in [0.2, 0.25) is 0 Å². The summed E-state index contributed by atoms with van der Waals surface area (Å²) in [6, 6.07) is 1.29. The van der Waals surface area contributed by atoms with Gasteiger partial charge in [0.25, 0.3) is 5.56 Å². The molecule has 0 bridgehead atoms. The maximum Gasteiger partial charge on any atom is 0.330 e. The van der Waals surface area contributed by atoms with Gasteiger partial charge in [-0.25, -0.2) is 4.79 Å². The molecule has 100 valence electrons. The normalized spacial score (nSPS) is 31.7. The lowest BCUT2D eigenvalue weighted by Crippen LogP contribution is -2.35. The van der Waals surface area contributed by atoms with E-state index in [0.717, 1.165) is 0 Å². The van der Waals surface area contributed by atoms with Crippen molar-refractivity contribution in [2.75, 3.05) is 6.61 Å². The molecule has 0 radical (unpaired) electrons. The van der Waals surface area contributed by atoms with Crippen LogP contribution in [0.4, 0.5) is 0 Å². The van der Waals surface area contributed by atoms with Crippen LogP contribution in [0.3, 0.4) is 0 Å². The first-order chi connectivity index (χ1) is 8.51. The molecular weight excluding hydrogens is 236 g/mol. The van der Waals surface area contributed by atoms with Crippen molar-refractivity contribution in [1.29, 1.82) is 0 Å². The van der Waals surface area contributed by atoms with Crippen molar-refractivity contribution in [2.24, 2.45) is 5.92 Å². The Hall–Kier alpha value is -1.40. The van der Waals surface area contributed by atoms with Crippen LogP contribution >= 0.6 is 0 Å². The van der Waals surface area contributed by atoms with E-state index >= 15 is 0 Å². The molecule has 0 aliphatic carbocycles. The molecule has 0 aromatic carbocycles. The number of ether oxygens (including phenoxy) is 1. The van der Waals surface area contributed by atoms with E-state index in [9.17, 15) is 14.7 Å². The fraction of sp³-hybridized carbons (Fsp3) is 0.667. The van der Waals surface area contributed by atoms with Crippen molar-refractivity contribution in [3.63, 3.8) is 0 Å². The highest BCUT2D eigenvalue weighted by molar-refractivity contribution is 4.93. The van der Waals surface area contributed by atoms with Crippen LogP contribution in [0.2, 0.25) is 0 Å².